The summed E-state index contributed by atoms with van der Waals surface area (Å²) in [4.78, 5) is 18.2. The van der Waals surface area contributed by atoms with Crippen LogP contribution in [0.1, 0.15) is 31.4 Å². The Hall–Kier alpha value is -1.43. The fourth-order valence-corrected chi connectivity index (χ4v) is 2.54. The van der Waals surface area contributed by atoms with E-state index in [1.54, 1.807) is 6.92 Å². The Morgan fingerprint density at radius 2 is 2.11 bits per heavy atom. The molecule has 6 nitrogen and oxygen atoms in total. The van der Waals surface area contributed by atoms with Crippen LogP contribution in [0.15, 0.2) is 0 Å². The van der Waals surface area contributed by atoms with Gasteiger partial charge in [-0.05, 0) is 37.3 Å². The van der Waals surface area contributed by atoms with Crippen LogP contribution in [0.3, 0.4) is 0 Å². The summed E-state index contributed by atoms with van der Waals surface area (Å²) >= 11 is 5.74. The fourth-order valence-electron chi connectivity index (χ4n) is 2.33. The van der Waals surface area contributed by atoms with Crippen LogP contribution in [0.5, 0.6) is 0 Å². The first-order chi connectivity index (χ1) is 8.58. The number of nitrogens with one attached hydrogen (secondary N) is 1. The van der Waals surface area contributed by atoms with E-state index in [1.807, 2.05) is 0 Å². The van der Waals surface area contributed by atoms with Crippen molar-refractivity contribution >= 4 is 23.1 Å². The third-order valence-electron chi connectivity index (χ3n) is 3.25. The Morgan fingerprint density at radius 3 is 2.72 bits per heavy atom. The van der Waals surface area contributed by atoms with Gasteiger partial charge >= 0.3 is 5.69 Å². The van der Waals surface area contributed by atoms with E-state index in [4.69, 9.17) is 11.6 Å². The van der Waals surface area contributed by atoms with Crippen molar-refractivity contribution in [2.45, 2.75) is 32.6 Å². The first kappa shape index (κ1) is 13.0. The highest BCUT2D eigenvalue weighted by Gasteiger charge is 2.23. The number of hydrogen-bond acceptors (Lipinski definition) is 5. The average Bonchev–Trinajstić information content (AvgIpc) is 2.77. The van der Waals surface area contributed by atoms with Crippen LogP contribution in [-0.2, 0) is 0 Å². The lowest BCUT2D eigenvalue weighted by Gasteiger charge is -2.11. The lowest BCUT2D eigenvalue weighted by molar-refractivity contribution is -0.385. The SMILES string of the molecule is Cc1nc(Cl)nc(NCC2CCCC2)c1[N+](=O)[O-]. The standard InChI is InChI=1S/C11H15ClN4O2/c1-7-9(16(17)18)10(15-11(12)14-7)13-6-8-4-2-3-5-8/h8H,2-6H2,1H3,(H,13,14,15). The summed E-state index contributed by atoms with van der Waals surface area (Å²) in [5, 5.41) is 14.1. The maximum atomic E-state index is 11.0. The van der Waals surface area contributed by atoms with Crippen molar-refractivity contribution < 1.29 is 4.92 Å². The second-order valence-electron chi connectivity index (χ2n) is 4.56. The first-order valence-electron chi connectivity index (χ1n) is 6.00. The van der Waals surface area contributed by atoms with Gasteiger partial charge in [0, 0.05) is 6.54 Å². The van der Waals surface area contributed by atoms with E-state index in [1.165, 1.54) is 25.7 Å². The molecule has 1 aliphatic carbocycles. The summed E-state index contributed by atoms with van der Waals surface area (Å²) in [6, 6.07) is 0. The van der Waals surface area contributed by atoms with E-state index >= 15 is 0 Å². The minimum absolute atomic E-state index is 0.0343. The van der Waals surface area contributed by atoms with Gasteiger partial charge in [-0.2, -0.15) is 4.98 Å². The molecule has 0 unspecified atom stereocenters. The van der Waals surface area contributed by atoms with Crippen LogP contribution in [0.25, 0.3) is 0 Å². The second kappa shape index (κ2) is 5.48. The Bertz CT molecular complexity index is 461. The zero-order chi connectivity index (χ0) is 13.1. The zero-order valence-corrected chi connectivity index (χ0v) is 10.9. The van der Waals surface area contributed by atoms with Crippen LogP contribution in [-0.4, -0.2) is 21.4 Å². The smallest absolute Gasteiger partial charge is 0.332 e. The third kappa shape index (κ3) is 2.87. The number of rotatable bonds is 4. The molecule has 1 aromatic heterocycles. The van der Waals surface area contributed by atoms with Gasteiger partial charge in [0.1, 0.15) is 5.69 Å². The predicted molar refractivity (Wildman–Crippen MR) is 68.9 cm³/mol. The van der Waals surface area contributed by atoms with Crippen molar-refractivity contribution in [3.8, 4) is 0 Å². The molecule has 0 atom stereocenters. The maximum absolute atomic E-state index is 11.0. The van der Waals surface area contributed by atoms with Gasteiger partial charge < -0.3 is 5.32 Å². The molecule has 0 spiro atoms. The molecule has 0 aliphatic heterocycles. The molecule has 1 N–H and O–H groups in total. The Morgan fingerprint density at radius 1 is 1.44 bits per heavy atom. The van der Waals surface area contributed by atoms with Gasteiger partial charge in [0.05, 0.1) is 4.92 Å². The van der Waals surface area contributed by atoms with Gasteiger partial charge in [-0.1, -0.05) is 12.8 Å². The number of nitro groups is 1. The van der Waals surface area contributed by atoms with Gasteiger partial charge in [-0.15, -0.1) is 0 Å². The Labute approximate surface area is 110 Å². The van der Waals surface area contributed by atoms with Crippen LogP contribution < -0.4 is 5.32 Å². The Kier molecular flexibility index (Phi) is 3.96. The van der Waals surface area contributed by atoms with E-state index in [0.717, 1.165) is 0 Å². The summed E-state index contributed by atoms with van der Waals surface area (Å²) < 4.78 is 0. The molecule has 1 saturated carbocycles. The average molecular weight is 271 g/mol. The molecule has 98 valence electrons. The minimum atomic E-state index is -0.470. The number of nitrogens with zero attached hydrogens (tertiary/aromatic N) is 3. The monoisotopic (exact) mass is 270 g/mol. The van der Waals surface area contributed by atoms with Gasteiger partial charge in [-0.25, -0.2) is 4.98 Å². The number of hydrogen-bond donors (Lipinski definition) is 1. The number of aryl methyl sites for hydroxylation is 1. The van der Waals surface area contributed by atoms with Crippen molar-refractivity contribution in [2.75, 3.05) is 11.9 Å². The molecule has 0 aromatic carbocycles. The van der Waals surface area contributed by atoms with Crippen molar-refractivity contribution in [1.29, 1.82) is 0 Å². The van der Waals surface area contributed by atoms with Crippen molar-refractivity contribution in [3.63, 3.8) is 0 Å². The summed E-state index contributed by atoms with van der Waals surface area (Å²) in [6.45, 7) is 2.26. The normalized spacial score (nSPS) is 15.9. The summed E-state index contributed by atoms with van der Waals surface area (Å²) in [7, 11) is 0. The van der Waals surface area contributed by atoms with E-state index in [0.29, 0.717) is 12.5 Å². The van der Waals surface area contributed by atoms with Gasteiger partial charge in [0.2, 0.25) is 11.1 Å². The molecular formula is C11H15ClN4O2. The van der Waals surface area contributed by atoms with Gasteiger partial charge in [0.25, 0.3) is 0 Å². The first-order valence-corrected chi connectivity index (χ1v) is 6.38. The highest BCUT2D eigenvalue weighted by molar-refractivity contribution is 6.28. The number of halogens is 1. The molecule has 0 radical (unpaired) electrons. The van der Waals surface area contributed by atoms with Crippen molar-refractivity contribution in [3.05, 3.63) is 21.1 Å². The molecular weight excluding hydrogens is 256 g/mol. The number of anilines is 1. The molecule has 1 aliphatic rings. The molecule has 0 bridgehead atoms. The molecule has 1 aromatic rings. The lowest BCUT2D eigenvalue weighted by Crippen LogP contribution is -2.14. The summed E-state index contributed by atoms with van der Waals surface area (Å²) in [5.41, 5.74) is 0.200. The van der Waals surface area contributed by atoms with E-state index in [2.05, 4.69) is 15.3 Å². The molecule has 7 heteroatoms. The largest absolute Gasteiger partial charge is 0.364 e. The van der Waals surface area contributed by atoms with E-state index in [-0.39, 0.29) is 22.5 Å². The molecule has 0 amide bonds. The highest BCUT2D eigenvalue weighted by Crippen LogP contribution is 2.29. The van der Waals surface area contributed by atoms with Crippen LogP contribution in [0, 0.1) is 23.0 Å². The van der Waals surface area contributed by atoms with E-state index < -0.39 is 4.92 Å². The maximum Gasteiger partial charge on any atom is 0.332 e. The minimum Gasteiger partial charge on any atom is -0.364 e. The van der Waals surface area contributed by atoms with Gasteiger partial charge in [-0.3, -0.25) is 10.1 Å². The third-order valence-corrected chi connectivity index (χ3v) is 3.42. The van der Waals surface area contributed by atoms with Crippen LogP contribution >= 0.6 is 11.6 Å². The molecule has 1 heterocycles. The quantitative estimate of drug-likeness (QED) is 0.517. The number of aromatic nitrogens is 2. The highest BCUT2D eigenvalue weighted by atomic mass is 35.5. The summed E-state index contributed by atoms with van der Waals surface area (Å²) in [5.74, 6) is 0.794. The van der Waals surface area contributed by atoms with Crippen molar-refractivity contribution in [2.24, 2.45) is 5.92 Å². The van der Waals surface area contributed by atoms with Crippen LogP contribution in [0.4, 0.5) is 11.5 Å². The summed E-state index contributed by atoms with van der Waals surface area (Å²) in [6.07, 6.45) is 4.80. The van der Waals surface area contributed by atoms with Crippen molar-refractivity contribution in [1.82, 2.24) is 9.97 Å². The lowest BCUT2D eigenvalue weighted by atomic mass is 10.1. The second-order valence-corrected chi connectivity index (χ2v) is 4.90. The molecule has 1 fully saturated rings. The van der Waals surface area contributed by atoms with Crippen LogP contribution in [0.2, 0.25) is 5.28 Å². The molecule has 18 heavy (non-hydrogen) atoms. The predicted octanol–water partition coefficient (Wildman–Crippen LogP) is 2.95. The van der Waals surface area contributed by atoms with Gasteiger partial charge in [0.15, 0.2) is 0 Å². The molecule has 0 saturated heterocycles. The topological polar surface area (TPSA) is 81.0 Å². The fraction of sp³-hybridized carbons (Fsp3) is 0.636. The zero-order valence-electron chi connectivity index (χ0n) is 10.1. The van der Waals surface area contributed by atoms with E-state index in [9.17, 15) is 10.1 Å². The molecule has 2 rings (SSSR count). The Balaban J connectivity index is 2.16.